The largest absolute Gasteiger partial charge is 0.418 e. The number of fused-ring (bicyclic) bond motifs is 6. The predicted octanol–water partition coefficient (Wildman–Crippen LogP) is 21.4. The summed E-state index contributed by atoms with van der Waals surface area (Å²) in [5.41, 5.74) is 17.1. The Morgan fingerprint density at radius 3 is 0.924 bits per heavy atom. The first-order valence-electron chi connectivity index (χ1n) is 30.2. The van der Waals surface area contributed by atoms with Gasteiger partial charge in [-0.2, -0.15) is 18.4 Å². The molecular weight excluding hydrogens is 1140 g/mol. The van der Waals surface area contributed by atoms with E-state index in [0.717, 1.165) is 111 Å². The van der Waals surface area contributed by atoms with Crippen LogP contribution in [0.3, 0.4) is 0 Å². The van der Waals surface area contributed by atoms with E-state index in [0.29, 0.717) is 38.8 Å². The summed E-state index contributed by atoms with van der Waals surface area (Å²) >= 11 is 0. The highest BCUT2D eigenvalue weighted by Crippen LogP contribution is 2.48. The lowest BCUT2D eigenvalue weighted by atomic mass is 9.96. The second-order valence-corrected chi connectivity index (χ2v) is 22.7. The predicted molar refractivity (Wildman–Crippen MR) is 365 cm³/mol. The van der Waals surface area contributed by atoms with Crippen molar-refractivity contribution in [1.82, 2.24) is 29.1 Å². The number of benzene rings is 10. The maximum absolute atomic E-state index is 17.1. The molecule has 0 radical (unpaired) electrons. The van der Waals surface area contributed by atoms with Gasteiger partial charge in [-0.05, 0) is 125 Å². The molecule has 0 aliphatic rings. The first-order valence-corrected chi connectivity index (χ1v) is 30.2. The van der Waals surface area contributed by atoms with E-state index in [2.05, 4.69) is 42.5 Å². The Morgan fingerprint density at radius 2 is 0.598 bits per heavy atom. The molecule has 0 aliphatic heterocycles. The lowest BCUT2D eigenvalue weighted by Gasteiger charge is -2.22. The molecule has 92 heavy (non-hydrogen) atoms. The third kappa shape index (κ3) is 9.64. The summed E-state index contributed by atoms with van der Waals surface area (Å²) in [5.74, 6) is 0. The SMILES string of the molecule is N#Cc1cccc(-c2cc(-n3c4ccc(-c5cccnc5-c5ccccc5)cc4c4cc(-c5cccnc5-c5ccccc5)ccc43)c(C(F)(F)F)cc2-n2c3ccc(-c4cccnc4-c4ccccc4)cc3c3cc(-c4cccnc4-c4ccccc4)ccc32)c1. The van der Waals surface area contributed by atoms with Crippen molar-refractivity contribution in [2.75, 3.05) is 0 Å². The molecule has 0 atom stereocenters. The Morgan fingerprint density at radius 1 is 0.283 bits per heavy atom. The fourth-order valence-corrected chi connectivity index (χ4v) is 13.3. The monoisotopic (exact) mass is 1190 g/mol. The first-order chi connectivity index (χ1) is 45.2. The molecule has 0 aliphatic carbocycles. The van der Waals surface area contributed by atoms with Crippen molar-refractivity contribution in [1.29, 1.82) is 5.26 Å². The summed E-state index contributed by atoms with van der Waals surface area (Å²) in [6, 6.07) is 92.4. The Labute approximate surface area is 527 Å². The number of halogens is 3. The van der Waals surface area contributed by atoms with Gasteiger partial charge in [0.05, 0.1) is 73.4 Å². The van der Waals surface area contributed by atoms with Crippen LogP contribution in [0.1, 0.15) is 11.1 Å². The van der Waals surface area contributed by atoms with Crippen molar-refractivity contribution in [3.05, 3.63) is 315 Å². The fourth-order valence-electron chi connectivity index (χ4n) is 13.3. The van der Waals surface area contributed by atoms with Crippen LogP contribution in [-0.4, -0.2) is 29.1 Å². The van der Waals surface area contributed by atoms with Crippen LogP contribution >= 0.6 is 0 Å². The van der Waals surface area contributed by atoms with E-state index < -0.39 is 11.7 Å². The summed E-state index contributed by atoms with van der Waals surface area (Å²) in [6.45, 7) is 0. The minimum absolute atomic E-state index is 0.0859. The van der Waals surface area contributed by atoms with Gasteiger partial charge in [0.15, 0.2) is 0 Å². The van der Waals surface area contributed by atoms with Gasteiger partial charge in [-0.15, -0.1) is 0 Å². The van der Waals surface area contributed by atoms with Crippen molar-refractivity contribution in [2.45, 2.75) is 6.18 Å². The minimum atomic E-state index is -4.90. The van der Waals surface area contributed by atoms with Gasteiger partial charge in [-0.3, -0.25) is 19.9 Å². The first kappa shape index (κ1) is 55.0. The van der Waals surface area contributed by atoms with E-state index in [1.54, 1.807) is 53.6 Å². The molecule has 0 unspecified atom stereocenters. The number of alkyl halides is 3. The molecule has 10 aromatic carbocycles. The van der Waals surface area contributed by atoms with E-state index in [9.17, 15) is 5.26 Å². The Hall–Kier alpha value is -12.3. The van der Waals surface area contributed by atoms with Crippen LogP contribution in [0.15, 0.2) is 304 Å². The topological polar surface area (TPSA) is 85.2 Å². The maximum atomic E-state index is 17.1. The van der Waals surface area contributed by atoms with Crippen LogP contribution in [0.4, 0.5) is 13.2 Å². The summed E-state index contributed by atoms with van der Waals surface area (Å²) < 4.78 is 54.9. The van der Waals surface area contributed by atoms with E-state index >= 15 is 13.2 Å². The second-order valence-electron chi connectivity index (χ2n) is 22.7. The van der Waals surface area contributed by atoms with E-state index in [1.165, 1.54) is 6.07 Å². The van der Waals surface area contributed by atoms with Crippen molar-refractivity contribution in [3.8, 4) is 118 Å². The van der Waals surface area contributed by atoms with Gasteiger partial charge in [0.2, 0.25) is 0 Å². The van der Waals surface area contributed by atoms with E-state index in [1.807, 2.05) is 217 Å². The molecule has 0 fully saturated rings. The molecule has 10 heteroatoms. The molecule has 6 aromatic heterocycles. The number of hydrogen-bond acceptors (Lipinski definition) is 5. The second kappa shape index (κ2) is 22.7. The van der Waals surface area contributed by atoms with Crippen LogP contribution < -0.4 is 0 Å². The zero-order valence-electron chi connectivity index (χ0n) is 49.1. The van der Waals surface area contributed by atoms with Crippen LogP contribution in [0.2, 0.25) is 0 Å². The zero-order chi connectivity index (χ0) is 61.9. The molecule has 6 heterocycles. The third-order valence-electron chi connectivity index (χ3n) is 17.4. The highest BCUT2D eigenvalue weighted by atomic mass is 19.4. The molecule has 434 valence electrons. The maximum Gasteiger partial charge on any atom is 0.418 e. The number of aromatic nitrogens is 6. The standard InChI is InChI=1S/C82H50F3N7/c83-82(84,85)71-50-76(91-72-36-32-58(62-28-14-40-87-78(62)53-19-5-1-6-20-53)45-67(72)68-46-59(33-37-73(68)91)63-29-15-41-88-79(63)54-21-7-2-8-22-54)66(57-27-13-18-52(44-57)51-86)49-77(71)92-74-38-34-60(64-30-16-42-89-80(64)55-23-9-3-10-24-55)47-69(74)70-48-61(35-39-75(70)92)65-31-17-43-90-81(65)56-25-11-4-12-26-56/h1-50H. The van der Waals surface area contributed by atoms with E-state index in [-0.39, 0.29) is 11.4 Å². The van der Waals surface area contributed by atoms with Gasteiger partial charge in [0.25, 0.3) is 0 Å². The van der Waals surface area contributed by atoms with Gasteiger partial charge in [0, 0.05) is 96.4 Å². The number of pyridine rings is 4. The van der Waals surface area contributed by atoms with Crippen LogP contribution in [0.25, 0.3) is 156 Å². The van der Waals surface area contributed by atoms with Gasteiger partial charge in [0.1, 0.15) is 0 Å². The zero-order valence-corrected chi connectivity index (χ0v) is 49.1. The average Bonchev–Trinajstić information content (AvgIpc) is 1.55. The number of hydrogen-bond donors (Lipinski definition) is 0. The van der Waals surface area contributed by atoms with Crippen molar-refractivity contribution in [3.63, 3.8) is 0 Å². The Bertz CT molecular complexity index is 5300. The van der Waals surface area contributed by atoms with Gasteiger partial charge >= 0.3 is 6.18 Å². The van der Waals surface area contributed by atoms with Gasteiger partial charge < -0.3 is 9.13 Å². The molecular formula is C82H50F3N7. The van der Waals surface area contributed by atoms with E-state index in [4.69, 9.17) is 19.9 Å². The summed E-state index contributed by atoms with van der Waals surface area (Å²) in [7, 11) is 0. The molecule has 0 saturated carbocycles. The number of nitrogens with zero attached hydrogens (tertiary/aromatic N) is 7. The van der Waals surface area contributed by atoms with Crippen molar-refractivity contribution in [2.24, 2.45) is 0 Å². The molecule has 0 N–H and O–H groups in total. The molecule has 0 amide bonds. The smallest absolute Gasteiger partial charge is 0.309 e. The van der Waals surface area contributed by atoms with Crippen molar-refractivity contribution >= 4 is 43.6 Å². The molecule has 0 bridgehead atoms. The van der Waals surface area contributed by atoms with Gasteiger partial charge in [-0.25, -0.2) is 0 Å². The highest BCUT2D eigenvalue weighted by molar-refractivity contribution is 6.14. The minimum Gasteiger partial charge on any atom is -0.309 e. The summed E-state index contributed by atoms with van der Waals surface area (Å²) in [5, 5.41) is 13.6. The van der Waals surface area contributed by atoms with Gasteiger partial charge in [-0.1, -0.05) is 182 Å². The molecule has 7 nitrogen and oxygen atoms in total. The molecule has 16 aromatic rings. The normalized spacial score (nSPS) is 11.6. The number of nitriles is 1. The molecule has 16 rings (SSSR count). The van der Waals surface area contributed by atoms with Crippen molar-refractivity contribution < 1.29 is 13.2 Å². The fraction of sp³-hybridized carbons (Fsp3) is 0.0122. The van der Waals surface area contributed by atoms with Crippen LogP contribution in [0, 0.1) is 11.3 Å². The lowest BCUT2D eigenvalue weighted by molar-refractivity contribution is -0.137. The van der Waals surface area contributed by atoms with Crippen LogP contribution in [-0.2, 0) is 6.18 Å². The summed E-state index contributed by atoms with van der Waals surface area (Å²) in [4.78, 5) is 19.5. The lowest BCUT2D eigenvalue weighted by Crippen LogP contribution is -2.13. The third-order valence-corrected chi connectivity index (χ3v) is 17.4. The molecule has 0 spiro atoms. The Kier molecular flexibility index (Phi) is 13.6. The number of rotatable bonds is 11. The summed E-state index contributed by atoms with van der Waals surface area (Å²) in [6.07, 6.45) is 2.21. The van der Waals surface area contributed by atoms with Crippen LogP contribution in [0.5, 0.6) is 0 Å². The molecule has 0 saturated heterocycles. The quantitative estimate of drug-likeness (QED) is 0.129. The average molecular weight is 1190 g/mol. The Balaban J connectivity index is 0.979. The highest BCUT2D eigenvalue weighted by Gasteiger charge is 2.37.